The topological polar surface area (TPSA) is 60.2 Å². The van der Waals surface area contributed by atoms with Crippen molar-refractivity contribution >= 4 is 21.7 Å². The molecule has 0 atom stereocenters. The van der Waals surface area contributed by atoms with Crippen molar-refractivity contribution < 1.29 is 9.13 Å². The molecule has 1 aliphatic heterocycles. The zero-order valence-electron chi connectivity index (χ0n) is 9.38. The van der Waals surface area contributed by atoms with Crippen LogP contribution in [0.2, 0.25) is 0 Å². The zero-order chi connectivity index (χ0) is 12.3. The molecule has 1 aromatic rings. The van der Waals surface area contributed by atoms with Crippen LogP contribution in [0.15, 0.2) is 16.7 Å². The molecule has 1 aromatic heterocycles. The molecular weight excluding hydrogens is 289 g/mol. The molecule has 17 heavy (non-hydrogen) atoms. The Balaban J connectivity index is 2.17. The van der Waals surface area contributed by atoms with Crippen molar-refractivity contribution in [2.45, 2.75) is 18.4 Å². The maximum absolute atomic E-state index is 13.7. The number of rotatable bonds is 3. The van der Waals surface area contributed by atoms with Crippen molar-refractivity contribution in [3.05, 3.63) is 22.6 Å². The molecular formula is C11H15BrFN3O. The van der Waals surface area contributed by atoms with Crippen molar-refractivity contribution in [3.63, 3.8) is 0 Å². The van der Waals surface area contributed by atoms with Gasteiger partial charge in [0, 0.05) is 30.4 Å². The van der Waals surface area contributed by atoms with Crippen LogP contribution in [0.5, 0.6) is 0 Å². The summed E-state index contributed by atoms with van der Waals surface area (Å²) in [6.07, 6.45) is 3.09. The van der Waals surface area contributed by atoms with Crippen molar-refractivity contribution in [1.82, 2.24) is 4.98 Å². The summed E-state index contributed by atoms with van der Waals surface area (Å²) in [7, 11) is 0. The first kappa shape index (κ1) is 12.7. The van der Waals surface area contributed by atoms with E-state index in [1.54, 1.807) is 6.20 Å². The summed E-state index contributed by atoms with van der Waals surface area (Å²) in [4.78, 5) is 4.04. The minimum atomic E-state index is -0.376. The Labute approximate surface area is 108 Å². The van der Waals surface area contributed by atoms with Gasteiger partial charge in [0.1, 0.15) is 0 Å². The van der Waals surface area contributed by atoms with Crippen molar-refractivity contribution in [2.75, 3.05) is 25.1 Å². The van der Waals surface area contributed by atoms with E-state index in [9.17, 15) is 4.39 Å². The molecule has 4 nitrogen and oxygen atoms in total. The van der Waals surface area contributed by atoms with E-state index in [2.05, 4.69) is 26.2 Å². The number of aromatic nitrogens is 1. The van der Waals surface area contributed by atoms with Gasteiger partial charge in [-0.1, -0.05) is 0 Å². The lowest BCUT2D eigenvalue weighted by molar-refractivity contribution is 0.0625. The van der Waals surface area contributed by atoms with Crippen LogP contribution in [0.1, 0.15) is 12.8 Å². The Kier molecular flexibility index (Phi) is 3.96. The standard InChI is InChI=1S/C11H15BrFN3O/c12-8-5-9(13)10(15-6-8)16-11(7-14)1-3-17-4-2-11/h5-6H,1-4,7,14H2,(H,15,16). The molecule has 0 bridgehead atoms. The molecule has 0 saturated carbocycles. The molecule has 0 spiro atoms. The molecule has 0 unspecified atom stereocenters. The van der Waals surface area contributed by atoms with Gasteiger partial charge in [-0.15, -0.1) is 0 Å². The highest BCUT2D eigenvalue weighted by Crippen LogP contribution is 2.26. The fourth-order valence-corrected chi connectivity index (χ4v) is 2.20. The van der Waals surface area contributed by atoms with Crippen molar-refractivity contribution in [3.8, 4) is 0 Å². The van der Waals surface area contributed by atoms with Gasteiger partial charge in [-0.2, -0.15) is 0 Å². The molecule has 2 heterocycles. The van der Waals surface area contributed by atoms with E-state index in [1.165, 1.54) is 6.07 Å². The molecule has 0 amide bonds. The quantitative estimate of drug-likeness (QED) is 0.895. The Morgan fingerprint density at radius 3 is 2.82 bits per heavy atom. The molecule has 1 saturated heterocycles. The van der Waals surface area contributed by atoms with Gasteiger partial charge in [0.25, 0.3) is 0 Å². The largest absolute Gasteiger partial charge is 0.381 e. The normalized spacial score (nSPS) is 19.0. The lowest BCUT2D eigenvalue weighted by atomic mass is 9.90. The van der Waals surface area contributed by atoms with Crippen molar-refractivity contribution in [1.29, 1.82) is 0 Å². The average molecular weight is 304 g/mol. The Hall–Kier alpha value is -0.720. The summed E-state index contributed by atoms with van der Waals surface area (Å²) in [6.45, 7) is 1.72. The smallest absolute Gasteiger partial charge is 0.166 e. The summed E-state index contributed by atoms with van der Waals surface area (Å²) in [6, 6.07) is 1.39. The monoisotopic (exact) mass is 303 g/mol. The first-order chi connectivity index (χ1) is 8.15. The van der Waals surface area contributed by atoms with E-state index >= 15 is 0 Å². The maximum atomic E-state index is 13.7. The molecule has 6 heteroatoms. The molecule has 1 fully saturated rings. The van der Waals surface area contributed by atoms with Crippen LogP contribution in [0.25, 0.3) is 0 Å². The number of hydrogen-bond donors (Lipinski definition) is 2. The predicted molar refractivity (Wildman–Crippen MR) is 67.4 cm³/mol. The lowest BCUT2D eigenvalue weighted by Crippen LogP contribution is -2.50. The third kappa shape index (κ3) is 2.94. The summed E-state index contributed by atoms with van der Waals surface area (Å²) in [5.41, 5.74) is 5.48. The Morgan fingerprint density at radius 2 is 2.24 bits per heavy atom. The molecule has 1 aliphatic rings. The summed E-state index contributed by atoms with van der Waals surface area (Å²) < 4.78 is 19.6. The average Bonchev–Trinajstić information content (AvgIpc) is 2.34. The summed E-state index contributed by atoms with van der Waals surface area (Å²) in [5.74, 6) is -0.126. The second-order valence-electron chi connectivity index (χ2n) is 4.21. The second-order valence-corrected chi connectivity index (χ2v) is 5.12. The van der Waals surface area contributed by atoms with Crippen LogP contribution < -0.4 is 11.1 Å². The van der Waals surface area contributed by atoms with Crippen LogP contribution in [0.4, 0.5) is 10.2 Å². The van der Waals surface area contributed by atoms with Gasteiger partial charge in [-0.25, -0.2) is 9.37 Å². The first-order valence-electron chi connectivity index (χ1n) is 5.52. The number of nitrogens with one attached hydrogen (secondary N) is 1. The molecule has 3 N–H and O–H groups in total. The van der Waals surface area contributed by atoms with Gasteiger partial charge in [0.05, 0.1) is 5.54 Å². The SMILES string of the molecule is NCC1(Nc2ncc(Br)cc2F)CCOCC1. The van der Waals surface area contributed by atoms with Crippen LogP contribution in [0, 0.1) is 5.82 Å². The lowest BCUT2D eigenvalue weighted by Gasteiger charge is -2.37. The molecule has 0 aromatic carbocycles. The minimum absolute atomic E-state index is 0.251. The number of pyridine rings is 1. The van der Waals surface area contributed by atoms with E-state index in [0.29, 0.717) is 24.2 Å². The fraction of sp³-hybridized carbons (Fsp3) is 0.545. The third-order valence-electron chi connectivity index (χ3n) is 3.03. The van der Waals surface area contributed by atoms with Gasteiger partial charge in [-0.05, 0) is 34.8 Å². The summed E-state index contributed by atoms with van der Waals surface area (Å²) >= 11 is 3.18. The van der Waals surface area contributed by atoms with E-state index in [-0.39, 0.29) is 17.2 Å². The fourth-order valence-electron chi connectivity index (χ4n) is 1.90. The van der Waals surface area contributed by atoms with Crippen LogP contribution >= 0.6 is 15.9 Å². The van der Waals surface area contributed by atoms with E-state index in [0.717, 1.165) is 12.8 Å². The van der Waals surface area contributed by atoms with Crippen LogP contribution in [-0.4, -0.2) is 30.3 Å². The number of halogens is 2. The third-order valence-corrected chi connectivity index (χ3v) is 3.47. The van der Waals surface area contributed by atoms with Gasteiger partial charge < -0.3 is 15.8 Å². The van der Waals surface area contributed by atoms with E-state index < -0.39 is 0 Å². The van der Waals surface area contributed by atoms with Gasteiger partial charge >= 0.3 is 0 Å². The van der Waals surface area contributed by atoms with Gasteiger partial charge in [-0.3, -0.25) is 0 Å². The highest BCUT2D eigenvalue weighted by Gasteiger charge is 2.32. The van der Waals surface area contributed by atoms with E-state index in [4.69, 9.17) is 10.5 Å². The highest BCUT2D eigenvalue weighted by molar-refractivity contribution is 9.10. The number of nitrogens with two attached hydrogens (primary N) is 1. The predicted octanol–water partition coefficient (Wildman–Crippen LogP) is 1.90. The summed E-state index contributed by atoms with van der Waals surface area (Å²) in [5, 5.41) is 3.13. The molecule has 2 rings (SSSR count). The highest BCUT2D eigenvalue weighted by atomic mass is 79.9. The number of ether oxygens (including phenoxy) is 1. The first-order valence-corrected chi connectivity index (χ1v) is 6.32. The Morgan fingerprint density at radius 1 is 1.53 bits per heavy atom. The number of nitrogens with zero attached hydrogens (tertiary/aromatic N) is 1. The minimum Gasteiger partial charge on any atom is -0.381 e. The molecule has 0 radical (unpaired) electrons. The van der Waals surface area contributed by atoms with Crippen molar-refractivity contribution in [2.24, 2.45) is 5.73 Å². The Bertz CT molecular complexity index is 396. The van der Waals surface area contributed by atoms with Crippen LogP contribution in [-0.2, 0) is 4.74 Å². The van der Waals surface area contributed by atoms with E-state index in [1.807, 2.05) is 0 Å². The maximum Gasteiger partial charge on any atom is 0.166 e. The molecule has 94 valence electrons. The van der Waals surface area contributed by atoms with Crippen LogP contribution in [0.3, 0.4) is 0 Å². The second kappa shape index (κ2) is 5.29. The van der Waals surface area contributed by atoms with Gasteiger partial charge in [0.2, 0.25) is 0 Å². The zero-order valence-corrected chi connectivity index (χ0v) is 11.0. The van der Waals surface area contributed by atoms with Gasteiger partial charge in [0.15, 0.2) is 11.6 Å². The molecule has 0 aliphatic carbocycles. The number of hydrogen-bond acceptors (Lipinski definition) is 4. The number of anilines is 1.